The van der Waals surface area contributed by atoms with Gasteiger partial charge in [0.2, 0.25) is 0 Å². The number of amides is 1. The topological polar surface area (TPSA) is 29.1 Å². The number of carbonyl (C=O) groups is 1. The molecule has 0 saturated carbocycles. The zero-order chi connectivity index (χ0) is 17.1. The van der Waals surface area contributed by atoms with Crippen molar-refractivity contribution in [2.45, 2.75) is 6.54 Å². The van der Waals surface area contributed by atoms with Crippen molar-refractivity contribution in [3.8, 4) is 10.4 Å². The van der Waals surface area contributed by atoms with E-state index in [-0.39, 0.29) is 18.0 Å². The highest BCUT2D eigenvalue weighted by Crippen LogP contribution is 2.29. The molecular weight excluding hydrogens is 368 g/mol. The van der Waals surface area contributed by atoms with Crippen LogP contribution in [0.1, 0.15) is 15.2 Å². The predicted molar refractivity (Wildman–Crippen MR) is 97.3 cm³/mol. The molecule has 24 heavy (non-hydrogen) atoms. The maximum atomic E-state index is 13.7. The highest BCUT2D eigenvalue weighted by Gasteiger charge is 2.13. The van der Waals surface area contributed by atoms with Crippen LogP contribution in [-0.2, 0) is 6.54 Å². The van der Waals surface area contributed by atoms with Crippen molar-refractivity contribution in [3.05, 3.63) is 80.9 Å². The molecule has 0 aliphatic carbocycles. The number of thiophene rings is 1. The van der Waals surface area contributed by atoms with Crippen molar-refractivity contribution in [1.82, 2.24) is 5.32 Å². The summed E-state index contributed by atoms with van der Waals surface area (Å²) in [6, 6.07) is 15.5. The minimum Gasteiger partial charge on any atom is -0.347 e. The van der Waals surface area contributed by atoms with Gasteiger partial charge in [0.1, 0.15) is 5.82 Å². The van der Waals surface area contributed by atoms with Crippen molar-refractivity contribution < 1.29 is 9.18 Å². The van der Waals surface area contributed by atoms with E-state index in [0.29, 0.717) is 14.9 Å². The van der Waals surface area contributed by atoms with E-state index in [4.69, 9.17) is 23.2 Å². The van der Waals surface area contributed by atoms with Gasteiger partial charge in [-0.15, -0.1) is 11.3 Å². The Bertz CT molecular complexity index is 874. The van der Waals surface area contributed by atoms with E-state index in [0.717, 1.165) is 10.4 Å². The summed E-state index contributed by atoms with van der Waals surface area (Å²) in [6.45, 7) is 0.0364. The summed E-state index contributed by atoms with van der Waals surface area (Å²) in [7, 11) is 0. The molecule has 0 radical (unpaired) electrons. The molecule has 0 atom stereocenters. The lowest BCUT2D eigenvalue weighted by atomic mass is 10.2. The summed E-state index contributed by atoms with van der Waals surface area (Å²) in [6.07, 6.45) is 0. The predicted octanol–water partition coefficient (Wildman–Crippen LogP) is 5.79. The number of benzene rings is 2. The standard InChI is InChI=1S/C18H12Cl2FNOS/c19-12-4-1-3-11(9-12)16-7-8-17(24-16)18(23)22-10-13-14(20)5-2-6-15(13)21/h1-9H,10H2,(H,22,23). The van der Waals surface area contributed by atoms with Crippen LogP contribution in [0, 0.1) is 5.82 Å². The zero-order valence-electron chi connectivity index (χ0n) is 12.4. The molecule has 0 aliphatic heterocycles. The van der Waals surface area contributed by atoms with Gasteiger partial charge in [-0.3, -0.25) is 4.79 Å². The van der Waals surface area contributed by atoms with Gasteiger partial charge in [0, 0.05) is 27.0 Å². The normalized spacial score (nSPS) is 10.6. The van der Waals surface area contributed by atoms with Crippen LogP contribution in [0.25, 0.3) is 10.4 Å². The number of hydrogen-bond acceptors (Lipinski definition) is 2. The van der Waals surface area contributed by atoms with Crippen LogP contribution in [0.2, 0.25) is 10.0 Å². The van der Waals surface area contributed by atoms with Crippen LogP contribution < -0.4 is 5.32 Å². The fraction of sp³-hybridized carbons (Fsp3) is 0.0556. The Morgan fingerprint density at radius 1 is 1.08 bits per heavy atom. The van der Waals surface area contributed by atoms with Gasteiger partial charge >= 0.3 is 0 Å². The van der Waals surface area contributed by atoms with Crippen LogP contribution in [0.15, 0.2) is 54.6 Å². The summed E-state index contributed by atoms with van der Waals surface area (Å²) in [5.41, 5.74) is 1.22. The molecule has 3 rings (SSSR count). The first-order valence-electron chi connectivity index (χ1n) is 7.11. The minimum absolute atomic E-state index is 0.0364. The number of nitrogens with one attached hydrogen (secondary N) is 1. The van der Waals surface area contributed by atoms with E-state index >= 15 is 0 Å². The third-order valence-electron chi connectivity index (χ3n) is 3.43. The molecule has 0 bridgehead atoms. The lowest BCUT2D eigenvalue weighted by Gasteiger charge is -2.07. The lowest BCUT2D eigenvalue weighted by Crippen LogP contribution is -2.22. The quantitative estimate of drug-likeness (QED) is 0.610. The molecule has 1 amide bonds. The molecule has 2 nitrogen and oxygen atoms in total. The van der Waals surface area contributed by atoms with Crippen molar-refractivity contribution >= 4 is 40.4 Å². The highest BCUT2D eigenvalue weighted by molar-refractivity contribution is 7.17. The Kier molecular flexibility index (Phi) is 5.19. The molecule has 6 heteroatoms. The van der Waals surface area contributed by atoms with Crippen LogP contribution in [0.3, 0.4) is 0 Å². The van der Waals surface area contributed by atoms with Gasteiger partial charge in [-0.2, -0.15) is 0 Å². The first-order valence-corrected chi connectivity index (χ1v) is 8.68. The molecule has 3 aromatic rings. The van der Waals surface area contributed by atoms with E-state index in [9.17, 15) is 9.18 Å². The van der Waals surface area contributed by atoms with Crippen molar-refractivity contribution in [3.63, 3.8) is 0 Å². The fourth-order valence-corrected chi connectivity index (χ4v) is 3.55. The Labute approximate surface area is 152 Å². The summed E-state index contributed by atoms with van der Waals surface area (Å²) in [5, 5.41) is 3.63. The minimum atomic E-state index is -0.436. The first-order chi connectivity index (χ1) is 11.5. The molecule has 0 saturated heterocycles. The van der Waals surface area contributed by atoms with Crippen LogP contribution in [0.4, 0.5) is 4.39 Å². The average Bonchev–Trinajstić information content (AvgIpc) is 3.04. The zero-order valence-corrected chi connectivity index (χ0v) is 14.7. The van der Waals surface area contributed by atoms with Crippen molar-refractivity contribution in [1.29, 1.82) is 0 Å². The second-order valence-electron chi connectivity index (χ2n) is 5.06. The van der Waals surface area contributed by atoms with Crippen molar-refractivity contribution in [2.24, 2.45) is 0 Å². The van der Waals surface area contributed by atoms with Gasteiger partial charge in [-0.25, -0.2) is 4.39 Å². The number of rotatable bonds is 4. The molecule has 1 aromatic heterocycles. The summed E-state index contributed by atoms with van der Waals surface area (Å²) >= 11 is 13.3. The number of carbonyl (C=O) groups excluding carboxylic acids is 1. The third kappa shape index (κ3) is 3.78. The van der Waals surface area contributed by atoms with Gasteiger partial charge in [-0.1, -0.05) is 41.4 Å². The molecule has 0 aliphatic rings. The fourth-order valence-electron chi connectivity index (χ4n) is 2.21. The van der Waals surface area contributed by atoms with Crippen LogP contribution in [0.5, 0.6) is 0 Å². The Hall–Kier alpha value is -1.88. The molecule has 0 fully saturated rings. The van der Waals surface area contributed by atoms with Gasteiger partial charge in [-0.05, 0) is 42.0 Å². The molecule has 0 spiro atoms. The van der Waals surface area contributed by atoms with E-state index in [1.54, 1.807) is 18.2 Å². The Balaban J connectivity index is 1.72. The average molecular weight is 380 g/mol. The molecular formula is C18H12Cl2FNOS. The summed E-state index contributed by atoms with van der Waals surface area (Å²) in [4.78, 5) is 13.7. The summed E-state index contributed by atoms with van der Waals surface area (Å²) < 4.78 is 13.7. The van der Waals surface area contributed by atoms with Gasteiger partial charge in [0.25, 0.3) is 5.91 Å². The number of halogens is 3. The van der Waals surface area contributed by atoms with Crippen LogP contribution >= 0.6 is 34.5 Å². The molecule has 1 N–H and O–H groups in total. The van der Waals surface area contributed by atoms with E-state index < -0.39 is 5.82 Å². The Morgan fingerprint density at radius 3 is 2.62 bits per heavy atom. The molecule has 0 unspecified atom stereocenters. The maximum Gasteiger partial charge on any atom is 0.261 e. The smallest absolute Gasteiger partial charge is 0.261 e. The van der Waals surface area contributed by atoms with Gasteiger partial charge in [0.05, 0.1) is 4.88 Å². The molecule has 122 valence electrons. The monoisotopic (exact) mass is 379 g/mol. The summed E-state index contributed by atoms with van der Waals surface area (Å²) in [5.74, 6) is -0.707. The van der Waals surface area contributed by atoms with Crippen molar-refractivity contribution in [2.75, 3.05) is 0 Å². The molecule has 2 aromatic carbocycles. The second kappa shape index (κ2) is 7.34. The third-order valence-corrected chi connectivity index (χ3v) is 5.15. The van der Waals surface area contributed by atoms with E-state index in [2.05, 4.69) is 5.32 Å². The van der Waals surface area contributed by atoms with Gasteiger partial charge < -0.3 is 5.32 Å². The van der Waals surface area contributed by atoms with Gasteiger partial charge in [0.15, 0.2) is 0 Å². The maximum absolute atomic E-state index is 13.7. The number of hydrogen-bond donors (Lipinski definition) is 1. The highest BCUT2D eigenvalue weighted by atomic mass is 35.5. The molecule has 1 heterocycles. The van der Waals surface area contributed by atoms with Crippen LogP contribution in [-0.4, -0.2) is 5.91 Å². The SMILES string of the molecule is O=C(NCc1c(F)cccc1Cl)c1ccc(-c2cccc(Cl)c2)s1. The first kappa shape index (κ1) is 17.0. The largest absolute Gasteiger partial charge is 0.347 e. The second-order valence-corrected chi connectivity index (χ2v) is 6.98. The lowest BCUT2D eigenvalue weighted by molar-refractivity contribution is 0.0954. The van der Waals surface area contributed by atoms with E-state index in [1.807, 2.05) is 24.3 Å². The Morgan fingerprint density at radius 2 is 1.88 bits per heavy atom. The van der Waals surface area contributed by atoms with E-state index in [1.165, 1.54) is 23.5 Å².